The summed E-state index contributed by atoms with van der Waals surface area (Å²) in [5, 5.41) is 12.1. The first kappa shape index (κ1) is 18.8. The number of carbonyl (C=O) groups excluding carboxylic acids is 1. The maximum atomic E-state index is 12.4. The molecule has 4 nitrogen and oxygen atoms in total. The molecule has 0 saturated heterocycles. The summed E-state index contributed by atoms with van der Waals surface area (Å²) in [6.45, 7) is 2.70. The lowest BCUT2D eigenvalue weighted by atomic mass is 10.1. The van der Waals surface area contributed by atoms with E-state index < -0.39 is 5.91 Å². The fourth-order valence-corrected chi connectivity index (χ4v) is 2.36. The van der Waals surface area contributed by atoms with E-state index in [0.717, 1.165) is 17.3 Å². The minimum absolute atomic E-state index is 0.0226. The molecule has 2 aromatic rings. The van der Waals surface area contributed by atoms with Crippen LogP contribution >= 0.6 is 15.9 Å². The number of nitrogens with zero attached hydrogens (tertiary/aromatic N) is 1. The van der Waals surface area contributed by atoms with Gasteiger partial charge >= 0.3 is 0 Å². The Morgan fingerprint density at radius 3 is 2.64 bits per heavy atom. The highest BCUT2D eigenvalue weighted by Crippen LogP contribution is 2.22. The van der Waals surface area contributed by atoms with E-state index in [0.29, 0.717) is 23.6 Å². The van der Waals surface area contributed by atoms with E-state index in [9.17, 15) is 10.1 Å². The molecule has 0 fully saturated rings. The summed E-state index contributed by atoms with van der Waals surface area (Å²) in [7, 11) is 0. The van der Waals surface area contributed by atoms with Gasteiger partial charge < -0.3 is 10.1 Å². The van der Waals surface area contributed by atoms with Crippen molar-refractivity contribution in [2.75, 3.05) is 11.9 Å². The number of hydrogen-bond acceptors (Lipinski definition) is 3. The standard InChI is InChI=1S/C20H19BrN2O2/c1-2-3-12-25-19-7-5-4-6-15(19)13-16(14-22)20(24)23-18-10-8-17(21)9-11-18/h4-11,13H,2-3,12H2,1H3,(H,23,24)/b16-13+. The van der Waals surface area contributed by atoms with Crippen molar-refractivity contribution in [3.63, 3.8) is 0 Å². The smallest absolute Gasteiger partial charge is 0.266 e. The molecule has 0 aliphatic carbocycles. The first-order chi connectivity index (χ1) is 12.1. The van der Waals surface area contributed by atoms with Crippen LogP contribution in [-0.2, 0) is 4.79 Å². The van der Waals surface area contributed by atoms with Crippen LogP contribution in [-0.4, -0.2) is 12.5 Å². The fraction of sp³-hybridized carbons (Fsp3) is 0.200. The summed E-state index contributed by atoms with van der Waals surface area (Å²) >= 11 is 3.34. The molecule has 5 heteroatoms. The maximum absolute atomic E-state index is 12.4. The van der Waals surface area contributed by atoms with Crippen LogP contribution in [0, 0.1) is 11.3 Å². The third kappa shape index (κ3) is 5.77. The molecule has 0 aliphatic heterocycles. The van der Waals surface area contributed by atoms with Crippen molar-refractivity contribution in [3.05, 3.63) is 64.1 Å². The summed E-state index contributed by atoms with van der Waals surface area (Å²) in [6.07, 6.45) is 3.54. The summed E-state index contributed by atoms with van der Waals surface area (Å²) in [4.78, 5) is 12.4. The van der Waals surface area contributed by atoms with E-state index in [1.54, 1.807) is 18.2 Å². The first-order valence-corrected chi connectivity index (χ1v) is 8.84. The Balaban J connectivity index is 2.17. The molecule has 25 heavy (non-hydrogen) atoms. The Morgan fingerprint density at radius 1 is 1.24 bits per heavy atom. The molecule has 0 bridgehead atoms. The molecule has 1 N–H and O–H groups in total. The molecular weight excluding hydrogens is 380 g/mol. The minimum Gasteiger partial charge on any atom is -0.493 e. The van der Waals surface area contributed by atoms with E-state index in [4.69, 9.17) is 4.74 Å². The van der Waals surface area contributed by atoms with Crippen molar-refractivity contribution in [3.8, 4) is 11.8 Å². The lowest BCUT2D eigenvalue weighted by molar-refractivity contribution is -0.112. The van der Waals surface area contributed by atoms with Gasteiger partial charge in [-0.2, -0.15) is 5.26 Å². The second-order valence-corrected chi connectivity index (χ2v) is 6.29. The van der Waals surface area contributed by atoms with Gasteiger partial charge in [-0.1, -0.05) is 47.5 Å². The molecule has 0 unspecified atom stereocenters. The summed E-state index contributed by atoms with van der Waals surface area (Å²) < 4.78 is 6.66. The zero-order valence-corrected chi connectivity index (χ0v) is 15.5. The normalized spacial score (nSPS) is 10.8. The molecule has 0 atom stereocenters. The Hall–Kier alpha value is -2.58. The molecule has 0 radical (unpaired) electrons. The Labute approximate surface area is 156 Å². The Kier molecular flexibility index (Phi) is 7.24. The quantitative estimate of drug-likeness (QED) is 0.397. The van der Waals surface area contributed by atoms with Crippen molar-refractivity contribution in [2.24, 2.45) is 0 Å². The molecular formula is C20H19BrN2O2. The van der Waals surface area contributed by atoms with Crippen molar-refractivity contribution < 1.29 is 9.53 Å². The van der Waals surface area contributed by atoms with Gasteiger partial charge in [-0.25, -0.2) is 0 Å². The molecule has 0 aromatic heterocycles. The average molecular weight is 399 g/mol. The Bertz CT molecular complexity index is 792. The van der Waals surface area contributed by atoms with E-state index in [1.165, 1.54) is 0 Å². The van der Waals surface area contributed by atoms with E-state index in [-0.39, 0.29) is 5.57 Å². The van der Waals surface area contributed by atoms with Gasteiger partial charge in [0.2, 0.25) is 0 Å². The summed E-state index contributed by atoms with van der Waals surface area (Å²) in [5.41, 5.74) is 1.36. The van der Waals surface area contributed by atoms with Crippen LogP contribution in [0.3, 0.4) is 0 Å². The van der Waals surface area contributed by atoms with Crippen molar-refractivity contribution in [1.82, 2.24) is 0 Å². The minimum atomic E-state index is -0.451. The average Bonchev–Trinajstić information content (AvgIpc) is 2.63. The maximum Gasteiger partial charge on any atom is 0.266 e. The molecule has 0 spiro atoms. The number of amides is 1. The number of anilines is 1. The number of nitriles is 1. The van der Waals surface area contributed by atoms with Gasteiger partial charge in [0.25, 0.3) is 5.91 Å². The van der Waals surface area contributed by atoms with E-state index >= 15 is 0 Å². The van der Waals surface area contributed by atoms with Crippen LogP contribution in [0.25, 0.3) is 6.08 Å². The number of halogens is 1. The molecule has 2 aromatic carbocycles. The number of hydrogen-bond donors (Lipinski definition) is 1. The van der Waals surface area contributed by atoms with Crippen LogP contribution in [0.5, 0.6) is 5.75 Å². The van der Waals surface area contributed by atoms with Crippen LogP contribution in [0.4, 0.5) is 5.69 Å². The van der Waals surface area contributed by atoms with Crippen LogP contribution < -0.4 is 10.1 Å². The Morgan fingerprint density at radius 2 is 1.96 bits per heavy atom. The van der Waals surface area contributed by atoms with E-state index in [2.05, 4.69) is 28.2 Å². The van der Waals surface area contributed by atoms with Gasteiger partial charge in [0.1, 0.15) is 17.4 Å². The summed E-state index contributed by atoms with van der Waals surface area (Å²) in [5.74, 6) is 0.216. The molecule has 2 rings (SSSR count). The third-order valence-corrected chi connectivity index (χ3v) is 3.97. The van der Waals surface area contributed by atoms with Gasteiger partial charge in [-0.05, 0) is 42.8 Å². The highest BCUT2D eigenvalue weighted by atomic mass is 79.9. The number of carbonyl (C=O) groups is 1. The van der Waals surface area contributed by atoms with Crippen LogP contribution in [0.1, 0.15) is 25.3 Å². The topological polar surface area (TPSA) is 62.1 Å². The van der Waals surface area contributed by atoms with Crippen LogP contribution in [0.15, 0.2) is 58.6 Å². The second kappa shape index (κ2) is 9.65. The first-order valence-electron chi connectivity index (χ1n) is 8.04. The largest absolute Gasteiger partial charge is 0.493 e. The van der Waals surface area contributed by atoms with Crippen LogP contribution in [0.2, 0.25) is 0 Å². The molecule has 1 amide bonds. The zero-order chi connectivity index (χ0) is 18.1. The second-order valence-electron chi connectivity index (χ2n) is 5.37. The van der Waals surface area contributed by atoms with Gasteiger partial charge in [0.05, 0.1) is 6.61 Å². The molecule has 0 heterocycles. The number of benzene rings is 2. The monoisotopic (exact) mass is 398 g/mol. The number of ether oxygens (including phenoxy) is 1. The van der Waals surface area contributed by atoms with Crippen molar-refractivity contribution in [1.29, 1.82) is 5.26 Å². The van der Waals surface area contributed by atoms with Gasteiger partial charge in [0.15, 0.2) is 0 Å². The number of para-hydroxylation sites is 1. The lowest BCUT2D eigenvalue weighted by Gasteiger charge is -2.09. The molecule has 128 valence electrons. The third-order valence-electron chi connectivity index (χ3n) is 3.44. The predicted molar refractivity (Wildman–Crippen MR) is 103 cm³/mol. The number of rotatable bonds is 7. The zero-order valence-electron chi connectivity index (χ0n) is 14.0. The van der Waals surface area contributed by atoms with Crippen molar-refractivity contribution >= 4 is 33.6 Å². The summed E-state index contributed by atoms with van der Waals surface area (Å²) in [6, 6.07) is 16.5. The highest BCUT2D eigenvalue weighted by Gasteiger charge is 2.11. The van der Waals surface area contributed by atoms with Gasteiger partial charge in [0, 0.05) is 15.7 Å². The molecule has 0 aliphatic rings. The number of nitrogens with one attached hydrogen (secondary N) is 1. The predicted octanol–water partition coefficient (Wildman–Crippen LogP) is 5.17. The highest BCUT2D eigenvalue weighted by molar-refractivity contribution is 9.10. The van der Waals surface area contributed by atoms with Gasteiger partial charge in [-0.3, -0.25) is 4.79 Å². The molecule has 0 saturated carbocycles. The lowest BCUT2D eigenvalue weighted by Crippen LogP contribution is -2.13. The fourth-order valence-electron chi connectivity index (χ4n) is 2.09. The van der Waals surface area contributed by atoms with Crippen molar-refractivity contribution in [2.45, 2.75) is 19.8 Å². The van der Waals surface area contributed by atoms with E-state index in [1.807, 2.05) is 42.5 Å². The van der Waals surface area contributed by atoms with Gasteiger partial charge in [-0.15, -0.1) is 0 Å². The SMILES string of the molecule is CCCCOc1ccccc1/C=C(\C#N)C(=O)Nc1ccc(Br)cc1. The number of unbranched alkanes of at least 4 members (excludes halogenated alkanes) is 1.